The van der Waals surface area contributed by atoms with Crippen molar-refractivity contribution in [1.82, 2.24) is 0 Å². The lowest BCUT2D eigenvalue weighted by Gasteiger charge is -2.16. The molecule has 0 saturated carbocycles. The van der Waals surface area contributed by atoms with Crippen LogP contribution >= 0.6 is 0 Å². The number of hydrogen-bond acceptors (Lipinski definition) is 4. The summed E-state index contributed by atoms with van der Waals surface area (Å²) in [6.07, 6.45) is 0. The monoisotopic (exact) mass is 313 g/mol. The van der Waals surface area contributed by atoms with Crippen molar-refractivity contribution in [3.8, 4) is 5.75 Å². The highest BCUT2D eigenvalue weighted by Gasteiger charge is 2.23. The summed E-state index contributed by atoms with van der Waals surface area (Å²) < 4.78 is 0. The van der Waals surface area contributed by atoms with E-state index >= 15 is 0 Å². The van der Waals surface area contributed by atoms with Crippen LogP contribution in [0.1, 0.15) is 51.6 Å². The van der Waals surface area contributed by atoms with Crippen molar-refractivity contribution in [2.45, 2.75) is 19.8 Å². The Morgan fingerprint density at radius 3 is 2.13 bits per heavy atom. The molecule has 0 atom stereocenters. The fraction of sp³-hybridized carbons (Fsp3) is 0.222. The number of rotatable bonds is 5. The van der Waals surface area contributed by atoms with E-state index in [4.69, 9.17) is 0 Å². The molecule has 5 nitrogen and oxygen atoms in total. The topological polar surface area (TPSA) is 86.6 Å². The smallest absolute Gasteiger partial charge is 0.336 e. The van der Waals surface area contributed by atoms with Gasteiger partial charge in [-0.1, -0.05) is 38.1 Å². The number of carbonyl (C=O) groups is 2. The number of aromatic hydroxyl groups is 1. The molecule has 2 aromatic carbocycles. The quantitative estimate of drug-likeness (QED) is 0.581. The molecule has 0 aliphatic carbocycles. The van der Waals surface area contributed by atoms with E-state index in [9.17, 15) is 19.8 Å². The van der Waals surface area contributed by atoms with Crippen molar-refractivity contribution in [1.29, 1.82) is 0 Å². The first-order chi connectivity index (χ1) is 10.9. The molecule has 0 spiro atoms. The van der Waals surface area contributed by atoms with Gasteiger partial charge in [-0.25, -0.2) is 4.79 Å². The van der Waals surface area contributed by atoms with Gasteiger partial charge in [-0.3, -0.25) is 4.79 Å². The molecule has 0 heterocycles. The predicted molar refractivity (Wildman–Crippen MR) is 88.6 cm³/mol. The van der Waals surface area contributed by atoms with Crippen LogP contribution in [0.3, 0.4) is 0 Å². The summed E-state index contributed by atoms with van der Waals surface area (Å²) in [6, 6.07) is 9.27. The lowest BCUT2D eigenvalue weighted by atomic mass is 9.93. The van der Waals surface area contributed by atoms with Gasteiger partial charge in [-0.15, -0.1) is 0 Å². The van der Waals surface area contributed by atoms with Crippen LogP contribution < -0.4 is 5.32 Å². The first-order valence-electron chi connectivity index (χ1n) is 7.29. The van der Waals surface area contributed by atoms with Gasteiger partial charge < -0.3 is 15.5 Å². The highest BCUT2D eigenvalue weighted by molar-refractivity contribution is 6.16. The van der Waals surface area contributed by atoms with Gasteiger partial charge in [0.05, 0.1) is 16.8 Å². The molecule has 0 fully saturated rings. The first-order valence-corrected chi connectivity index (χ1v) is 7.29. The maximum Gasteiger partial charge on any atom is 0.336 e. The van der Waals surface area contributed by atoms with Crippen LogP contribution in [0.4, 0.5) is 5.69 Å². The van der Waals surface area contributed by atoms with E-state index in [1.165, 1.54) is 18.2 Å². The minimum absolute atomic E-state index is 0.0506. The molecule has 0 aliphatic heterocycles. The Hall–Kier alpha value is -2.82. The Kier molecular flexibility index (Phi) is 4.69. The van der Waals surface area contributed by atoms with E-state index in [1.807, 2.05) is 13.8 Å². The van der Waals surface area contributed by atoms with Crippen molar-refractivity contribution in [3.05, 3.63) is 58.7 Å². The van der Waals surface area contributed by atoms with Crippen LogP contribution in [0.5, 0.6) is 5.75 Å². The normalized spacial score (nSPS) is 10.6. The van der Waals surface area contributed by atoms with Gasteiger partial charge in [-0.05, 0) is 23.6 Å². The molecule has 0 unspecified atom stereocenters. The van der Waals surface area contributed by atoms with Gasteiger partial charge in [0.2, 0.25) is 0 Å². The number of phenols is 1. The van der Waals surface area contributed by atoms with Gasteiger partial charge in [0, 0.05) is 12.6 Å². The van der Waals surface area contributed by atoms with E-state index in [-0.39, 0.29) is 28.4 Å². The summed E-state index contributed by atoms with van der Waals surface area (Å²) >= 11 is 0. The lowest BCUT2D eigenvalue weighted by molar-refractivity contribution is 0.0692. The Labute approximate surface area is 134 Å². The average molecular weight is 313 g/mol. The van der Waals surface area contributed by atoms with Crippen LogP contribution in [0.15, 0.2) is 36.4 Å². The largest absolute Gasteiger partial charge is 0.505 e. The first kappa shape index (κ1) is 16.5. The maximum atomic E-state index is 12.7. The molecular formula is C18H19NO4. The Balaban J connectivity index is 2.60. The van der Waals surface area contributed by atoms with Gasteiger partial charge >= 0.3 is 5.97 Å². The van der Waals surface area contributed by atoms with Crippen molar-refractivity contribution in [2.75, 3.05) is 12.4 Å². The lowest BCUT2D eigenvalue weighted by Crippen LogP contribution is -2.11. The molecule has 0 aliphatic rings. The zero-order valence-electron chi connectivity index (χ0n) is 13.3. The summed E-state index contributed by atoms with van der Waals surface area (Å²) in [4.78, 5) is 24.0. The molecule has 5 heteroatoms. The minimum atomic E-state index is -1.18. The van der Waals surface area contributed by atoms with Crippen LogP contribution in [-0.4, -0.2) is 29.0 Å². The van der Waals surface area contributed by atoms with Crippen LogP contribution in [0.25, 0.3) is 0 Å². The Morgan fingerprint density at radius 2 is 1.61 bits per heavy atom. The van der Waals surface area contributed by atoms with E-state index in [2.05, 4.69) is 5.32 Å². The van der Waals surface area contributed by atoms with Crippen molar-refractivity contribution in [2.24, 2.45) is 0 Å². The van der Waals surface area contributed by atoms with Crippen molar-refractivity contribution < 1.29 is 19.8 Å². The highest BCUT2D eigenvalue weighted by atomic mass is 16.4. The molecule has 0 amide bonds. The second kappa shape index (κ2) is 6.52. The zero-order valence-corrected chi connectivity index (χ0v) is 13.3. The Bertz CT molecular complexity index is 766. The van der Waals surface area contributed by atoms with E-state index < -0.39 is 11.8 Å². The number of benzene rings is 2. The number of carbonyl (C=O) groups excluding carboxylic acids is 1. The number of carboxylic acid groups (broad SMARTS) is 1. The number of nitrogens with one attached hydrogen (secondary N) is 1. The number of phenolic OH excluding ortho intramolecular Hbond substituents is 1. The number of anilines is 1. The summed E-state index contributed by atoms with van der Waals surface area (Å²) in [5, 5.41) is 22.6. The molecule has 0 saturated heterocycles. The summed E-state index contributed by atoms with van der Waals surface area (Å²) in [5.74, 6) is -1.70. The van der Waals surface area contributed by atoms with E-state index in [0.29, 0.717) is 5.69 Å². The van der Waals surface area contributed by atoms with Gasteiger partial charge in [0.15, 0.2) is 5.78 Å². The highest BCUT2D eigenvalue weighted by Crippen LogP contribution is 2.36. The van der Waals surface area contributed by atoms with Crippen LogP contribution in [-0.2, 0) is 0 Å². The second-order valence-corrected chi connectivity index (χ2v) is 5.51. The van der Waals surface area contributed by atoms with Gasteiger partial charge in [-0.2, -0.15) is 0 Å². The second-order valence-electron chi connectivity index (χ2n) is 5.51. The molecule has 2 aromatic rings. The average Bonchev–Trinajstić information content (AvgIpc) is 2.53. The molecular weight excluding hydrogens is 294 g/mol. The summed E-state index contributed by atoms with van der Waals surface area (Å²) in [5.41, 5.74) is 1.41. The van der Waals surface area contributed by atoms with Crippen molar-refractivity contribution >= 4 is 17.4 Å². The fourth-order valence-corrected chi connectivity index (χ4v) is 2.55. The third-order valence-corrected chi connectivity index (χ3v) is 3.73. The van der Waals surface area contributed by atoms with Gasteiger partial charge in [0.1, 0.15) is 5.75 Å². The van der Waals surface area contributed by atoms with Crippen LogP contribution in [0, 0.1) is 0 Å². The summed E-state index contributed by atoms with van der Waals surface area (Å²) in [7, 11) is 1.67. The predicted octanol–water partition coefficient (Wildman–Crippen LogP) is 3.49. The molecule has 120 valence electrons. The number of ketones is 1. The molecule has 3 N–H and O–H groups in total. The van der Waals surface area contributed by atoms with E-state index in [0.717, 1.165) is 5.56 Å². The zero-order chi connectivity index (χ0) is 17.1. The summed E-state index contributed by atoms with van der Waals surface area (Å²) in [6.45, 7) is 3.97. The van der Waals surface area contributed by atoms with E-state index in [1.54, 1.807) is 25.2 Å². The maximum absolute atomic E-state index is 12.7. The third kappa shape index (κ3) is 3.04. The number of hydrogen-bond donors (Lipinski definition) is 3. The molecule has 0 aromatic heterocycles. The molecule has 0 radical (unpaired) electrons. The fourth-order valence-electron chi connectivity index (χ4n) is 2.55. The molecule has 0 bridgehead atoms. The number of aromatic carboxylic acids is 1. The van der Waals surface area contributed by atoms with Crippen molar-refractivity contribution in [3.63, 3.8) is 0 Å². The van der Waals surface area contributed by atoms with Crippen LogP contribution in [0.2, 0.25) is 0 Å². The third-order valence-electron chi connectivity index (χ3n) is 3.73. The Morgan fingerprint density at radius 1 is 1.00 bits per heavy atom. The SMILES string of the molecule is CNc1c(C(C)C)ccc(C(=O)c2ccccc2C(=O)O)c1O. The number of carboxylic acids is 1. The molecule has 23 heavy (non-hydrogen) atoms. The molecule has 2 rings (SSSR count). The standard InChI is InChI=1S/C18H19NO4/c1-10(2)11-8-9-14(17(21)15(11)19-3)16(20)12-6-4-5-7-13(12)18(22)23/h4-10,19,21H,1-3H3,(H,22,23). The minimum Gasteiger partial charge on any atom is -0.505 e. The van der Waals surface area contributed by atoms with Gasteiger partial charge in [0.25, 0.3) is 0 Å².